The molecular formula is C20H27N3. The summed E-state index contributed by atoms with van der Waals surface area (Å²) in [6.07, 6.45) is 9.61. The van der Waals surface area contributed by atoms with Crippen LogP contribution >= 0.6 is 0 Å². The van der Waals surface area contributed by atoms with E-state index in [2.05, 4.69) is 35.0 Å². The third-order valence-corrected chi connectivity index (χ3v) is 5.05. The smallest absolute Gasteiger partial charge is 0.0349 e. The van der Waals surface area contributed by atoms with Crippen LogP contribution in [0.2, 0.25) is 0 Å². The minimum Gasteiger partial charge on any atom is -0.398 e. The van der Waals surface area contributed by atoms with Crippen LogP contribution in [-0.4, -0.2) is 29.0 Å². The lowest BCUT2D eigenvalue weighted by Gasteiger charge is -2.35. The monoisotopic (exact) mass is 309 g/mol. The van der Waals surface area contributed by atoms with Crippen LogP contribution in [0.3, 0.4) is 0 Å². The molecule has 0 bridgehead atoms. The summed E-state index contributed by atoms with van der Waals surface area (Å²) in [7, 11) is 0. The Morgan fingerprint density at radius 1 is 1.26 bits per heavy atom. The van der Waals surface area contributed by atoms with Crippen LogP contribution in [0, 0.1) is 0 Å². The van der Waals surface area contributed by atoms with Crippen molar-refractivity contribution in [3.05, 3.63) is 59.4 Å². The lowest BCUT2D eigenvalue weighted by Crippen LogP contribution is -2.40. The Morgan fingerprint density at radius 2 is 2.17 bits per heavy atom. The highest BCUT2D eigenvalue weighted by atomic mass is 15.1. The van der Waals surface area contributed by atoms with Crippen LogP contribution in [0.15, 0.2) is 42.7 Å². The van der Waals surface area contributed by atoms with Crippen LogP contribution in [0.4, 0.5) is 5.69 Å². The molecule has 0 amide bonds. The molecule has 3 heteroatoms. The molecule has 23 heavy (non-hydrogen) atoms. The van der Waals surface area contributed by atoms with Gasteiger partial charge in [0.2, 0.25) is 0 Å². The maximum absolute atomic E-state index is 6.12. The van der Waals surface area contributed by atoms with Gasteiger partial charge in [0.15, 0.2) is 0 Å². The predicted molar refractivity (Wildman–Crippen MR) is 96.5 cm³/mol. The first-order valence-corrected chi connectivity index (χ1v) is 8.77. The van der Waals surface area contributed by atoms with E-state index in [-0.39, 0.29) is 0 Å². The molecule has 1 heterocycles. The van der Waals surface area contributed by atoms with E-state index in [1.165, 1.54) is 29.5 Å². The zero-order chi connectivity index (χ0) is 16.1. The summed E-state index contributed by atoms with van der Waals surface area (Å²) in [6, 6.07) is 11.2. The maximum atomic E-state index is 6.12. The highest BCUT2D eigenvalue weighted by Crippen LogP contribution is 2.28. The lowest BCUT2D eigenvalue weighted by atomic mass is 9.86. The Kier molecular flexibility index (Phi) is 5.29. The molecule has 0 spiro atoms. The fourth-order valence-electron chi connectivity index (χ4n) is 3.76. The van der Waals surface area contributed by atoms with Crippen molar-refractivity contribution in [3.8, 4) is 0 Å². The number of aryl methyl sites for hydroxylation is 1. The van der Waals surface area contributed by atoms with Crippen LogP contribution in [0.5, 0.6) is 0 Å². The number of hydrogen-bond acceptors (Lipinski definition) is 3. The number of fused-ring (bicyclic) bond motifs is 1. The van der Waals surface area contributed by atoms with Crippen molar-refractivity contribution in [2.75, 3.05) is 18.8 Å². The number of hydrogen-bond donors (Lipinski definition) is 1. The molecule has 0 aliphatic heterocycles. The molecule has 1 aliphatic carbocycles. The van der Waals surface area contributed by atoms with Gasteiger partial charge in [-0.2, -0.15) is 0 Å². The van der Waals surface area contributed by atoms with Gasteiger partial charge in [-0.25, -0.2) is 0 Å². The van der Waals surface area contributed by atoms with Crippen molar-refractivity contribution in [2.45, 2.75) is 45.1 Å². The van der Waals surface area contributed by atoms with E-state index in [4.69, 9.17) is 5.73 Å². The number of aromatic nitrogens is 1. The summed E-state index contributed by atoms with van der Waals surface area (Å²) in [4.78, 5) is 6.84. The van der Waals surface area contributed by atoms with Gasteiger partial charge in [-0.15, -0.1) is 0 Å². The molecule has 1 aliphatic rings. The number of pyridine rings is 1. The standard InChI is InChI=1S/C20H27N3/c1-2-23(13-5-7-16-6-4-12-22-15-16)18-10-11-19-17(14-18)8-3-9-20(19)21/h3-4,6,8-9,12,15,18H,2,5,7,10-11,13-14,21H2,1H3. The Labute approximate surface area is 139 Å². The lowest BCUT2D eigenvalue weighted by molar-refractivity contribution is 0.187. The topological polar surface area (TPSA) is 42.2 Å². The molecule has 3 rings (SSSR count). The molecule has 122 valence electrons. The molecule has 0 saturated carbocycles. The number of likely N-dealkylation sites (N-methyl/N-ethyl adjacent to an activating group) is 1. The largest absolute Gasteiger partial charge is 0.398 e. The van der Waals surface area contributed by atoms with Crippen molar-refractivity contribution in [2.24, 2.45) is 0 Å². The van der Waals surface area contributed by atoms with Gasteiger partial charge in [-0.1, -0.05) is 25.1 Å². The predicted octanol–water partition coefficient (Wildman–Crippen LogP) is 3.48. The summed E-state index contributed by atoms with van der Waals surface area (Å²) in [5.41, 5.74) is 11.3. The number of nitrogens with zero attached hydrogens (tertiary/aromatic N) is 2. The van der Waals surface area contributed by atoms with Crippen molar-refractivity contribution in [1.82, 2.24) is 9.88 Å². The van der Waals surface area contributed by atoms with Crippen molar-refractivity contribution >= 4 is 5.69 Å². The molecule has 3 nitrogen and oxygen atoms in total. The Morgan fingerprint density at radius 3 is 2.96 bits per heavy atom. The minimum absolute atomic E-state index is 0.656. The average molecular weight is 309 g/mol. The molecule has 1 aromatic heterocycles. The Bertz CT molecular complexity index is 624. The second-order valence-electron chi connectivity index (χ2n) is 6.47. The molecule has 2 aromatic rings. The van der Waals surface area contributed by atoms with E-state index in [0.29, 0.717) is 6.04 Å². The third-order valence-electron chi connectivity index (χ3n) is 5.05. The van der Waals surface area contributed by atoms with E-state index in [9.17, 15) is 0 Å². The summed E-state index contributed by atoms with van der Waals surface area (Å²) in [5.74, 6) is 0. The number of nitrogens with two attached hydrogens (primary N) is 1. The first-order chi connectivity index (χ1) is 11.3. The molecule has 0 radical (unpaired) electrons. The Balaban J connectivity index is 1.57. The molecule has 2 N–H and O–H groups in total. The van der Waals surface area contributed by atoms with Crippen molar-refractivity contribution < 1.29 is 0 Å². The summed E-state index contributed by atoms with van der Waals surface area (Å²) in [5, 5.41) is 0. The second-order valence-corrected chi connectivity index (χ2v) is 6.47. The fourth-order valence-corrected chi connectivity index (χ4v) is 3.76. The molecule has 0 saturated heterocycles. The fraction of sp³-hybridized carbons (Fsp3) is 0.450. The van der Waals surface area contributed by atoms with Crippen LogP contribution in [0.25, 0.3) is 0 Å². The van der Waals surface area contributed by atoms with Crippen LogP contribution < -0.4 is 5.73 Å². The first kappa shape index (κ1) is 16.0. The quantitative estimate of drug-likeness (QED) is 0.831. The summed E-state index contributed by atoms with van der Waals surface area (Å²) < 4.78 is 0. The molecule has 0 fully saturated rings. The average Bonchev–Trinajstić information content (AvgIpc) is 2.60. The highest BCUT2D eigenvalue weighted by Gasteiger charge is 2.24. The zero-order valence-electron chi connectivity index (χ0n) is 14.0. The number of anilines is 1. The number of nitrogen functional groups attached to an aromatic ring is 1. The van der Waals surface area contributed by atoms with Gasteiger partial charge in [0, 0.05) is 24.1 Å². The third kappa shape index (κ3) is 3.91. The zero-order valence-corrected chi connectivity index (χ0v) is 14.0. The van der Waals surface area contributed by atoms with Gasteiger partial charge in [0.05, 0.1) is 0 Å². The van der Waals surface area contributed by atoms with E-state index >= 15 is 0 Å². The highest BCUT2D eigenvalue weighted by molar-refractivity contribution is 5.52. The van der Waals surface area contributed by atoms with E-state index in [0.717, 1.165) is 38.0 Å². The van der Waals surface area contributed by atoms with E-state index in [1.807, 2.05) is 24.5 Å². The van der Waals surface area contributed by atoms with Gasteiger partial charge < -0.3 is 10.6 Å². The molecule has 1 aromatic carbocycles. The molecule has 1 unspecified atom stereocenters. The van der Waals surface area contributed by atoms with Gasteiger partial charge >= 0.3 is 0 Å². The van der Waals surface area contributed by atoms with Gasteiger partial charge in [0.25, 0.3) is 0 Å². The second kappa shape index (κ2) is 7.60. The SMILES string of the molecule is CCN(CCCc1cccnc1)C1CCc2c(N)cccc2C1. The van der Waals surface area contributed by atoms with Crippen molar-refractivity contribution in [1.29, 1.82) is 0 Å². The number of benzene rings is 1. The van der Waals surface area contributed by atoms with Crippen LogP contribution in [0.1, 0.15) is 36.5 Å². The Hall–Kier alpha value is -1.87. The van der Waals surface area contributed by atoms with Gasteiger partial charge in [-0.3, -0.25) is 4.98 Å². The normalized spacial score (nSPS) is 17.2. The summed E-state index contributed by atoms with van der Waals surface area (Å²) >= 11 is 0. The molecule has 1 atom stereocenters. The van der Waals surface area contributed by atoms with Crippen LogP contribution in [-0.2, 0) is 19.3 Å². The van der Waals surface area contributed by atoms with Gasteiger partial charge in [0.1, 0.15) is 0 Å². The van der Waals surface area contributed by atoms with E-state index in [1.54, 1.807) is 0 Å². The maximum Gasteiger partial charge on any atom is 0.0349 e. The van der Waals surface area contributed by atoms with Crippen molar-refractivity contribution in [3.63, 3.8) is 0 Å². The first-order valence-electron chi connectivity index (χ1n) is 8.77. The summed E-state index contributed by atoms with van der Waals surface area (Å²) in [6.45, 7) is 4.56. The molecular weight excluding hydrogens is 282 g/mol. The minimum atomic E-state index is 0.656. The van der Waals surface area contributed by atoms with E-state index < -0.39 is 0 Å². The van der Waals surface area contributed by atoms with Gasteiger partial charge in [-0.05, 0) is 74.0 Å². The number of rotatable bonds is 6.